The zero-order valence-electron chi connectivity index (χ0n) is 29.9. The van der Waals surface area contributed by atoms with Gasteiger partial charge in [0.05, 0.1) is 0 Å². The first-order valence-corrected chi connectivity index (χ1v) is 19.3. The van der Waals surface area contributed by atoms with Crippen LogP contribution in [0.2, 0.25) is 0 Å². The molecule has 3 heteroatoms. The standard InChI is InChI=1S/C42H66O3/c1-7-8-9-10-11-12-16-32-17-20-34(21-18-32)44-40(43)45-35-25-27-41(5)33(29-35)19-22-36-38-24-23-37(31(4)15-13-14-30(2)3)42(38,6)28-26-39(36)41/h17-21,30-31,35-39H,7-16,22-29H2,1-6H3/t31-,35+,36+,37-,38+,39+,41+,42-/m1/s1. The van der Waals surface area contributed by atoms with Gasteiger partial charge in [-0.2, -0.15) is 0 Å². The fourth-order valence-corrected chi connectivity index (χ4v) is 10.8. The first kappa shape index (κ1) is 34.6. The van der Waals surface area contributed by atoms with E-state index >= 15 is 0 Å². The van der Waals surface area contributed by atoms with Crippen LogP contribution in [-0.2, 0) is 11.2 Å². The van der Waals surface area contributed by atoms with Crippen LogP contribution < -0.4 is 4.74 Å². The van der Waals surface area contributed by atoms with Crippen molar-refractivity contribution in [2.45, 2.75) is 163 Å². The van der Waals surface area contributed by atoms with E-state index in [4.69, 9.17) is 9.47 Å². The van der Waals surface area contributed by atoms with Gasteiger partial charge in [0, 0.05) is 6.42 Å². The van der Waals surface area contributed by atoms with Crippen LogP contribution in [0.25, 0.3) is 0 Å². The lowest BCUT2D eigenvalue weighted by Crippen LogP contribution is -2.51. The number of carbonyl (C=O) groups is 1. The molecule has 0 aromatic heterocycles. The highest BCUT2D eigenvalue weighted by atomic mass is 16.7. The third kappa shape index (κ3) is 8.03. The molecule has 1 aromatic rings. The van der Waals surface area contributed by atoms with Gasteiger partial charge in [0.2, 0.25) is 0 Å². The number of hydrogen-bond acceptors (Lipinski definition) is 3. The molecule has 8 atom stereocenters. The van der Waals surface area contributed by atoms with E-state index in [9.17, 15) is 4.79 Å². The maximum atomic E-state index is 12.8. The van der Waals surface area contributed by atoms with E-state index in [-0.39, 0.29) is 11.5 Å². The minimum absolute atomic E-state index is 0.0724. The summed E-state index contributed by atoms with van der Waals surface area (Å²) in [6.07, 6.45) is 24.9. The lowest BCUT2D eigenvalue weighted by molar-refractivity contribution is -0.0597. The van der Waals surface area contributed by atoms with Crippen molar-refractivity contribution in [3.63, 3.8) is 0 Å². The van der Waals surface area contributed by atoms with Gasteiger partial charge in [0.25, 0.3) is 0 Å². The van der Waals surface area contributed by atoms with Crippen LogP contribution in [0.5, 0.6) is 5.75 Å². The average molecular weight is 619 g/mol. The number of benzene rings is 1. The van der Waals surface area contributed by atoms with Gasteiger partial charge in [-0.25, -0.2) is 4.79 Å². The normalized spacial score (nSPS) is 33.1. The van der Waals surface area contributed by atoms with Gasteiger partial charge in [-0.1, -0.05) is 117 Å². The summed E-state index contributed by atoms with van der Waals surface area (Å²) in [5.74, 6) is 5.67. The topological polar surface area (TPSA) is 35.5 Å². The fraction of sp³-hybridized carbons (Fsp3) is 0.786. The van der Waals surface area contributed by atoms with Crippen LogP contribution in [-0.4, -0.2) is 12.3 Å². The molecule has 5 rings (SSSR count). The Balaban J connectivity index is 1.11. The third-order valence-electron chi connectivity index (χ3n) is 13.5. The second kappa shape index (κ2) is 15.4. The highest BCUT2D eigenvalue weighted by Gasteiger charge is 2.59. The summed E-state index contributed by atoms with van der Waals surface area (Å²) in [5, 5.41) is 0. The molecule has 0 radical (unpaired) electrons. The molecule has 1 aromatic carbocycles. The highest BCUT2D eigenvalue weighted by molar-refractivity contribution is 5.64. The molecule has 0 saturated heterocycles. The van der Waals surface area contributed by atoms with Crippen LogP contribution in [0.3, 0.4) is 0 Å². The minimum atomic E-state index is -0.547. The van der Waals surface area contributed by atoms with Crippen molar-refractivity contribution in [2.24, 2.45) is 46.3 Å². The molecule has 0 aliphatic heterocycles. The summed E-state index contributed by atoms with van der Waals surface area (Å²) in [5.41, 5.74) is 3.66. The number of rotatable bonds is 14. The quantitative estimate of drug-likeness (QED) is 0.0900. The van der Waals surface area contributed by atoms with E-state index in [0.29, 0.717) is 11.2 Å². The summed E-state index contributed by atoms with van der Waals surface area (Å²) < 4.78 is 11.6. The van der Waals surface area contributed by atoms with Gasteiger partial charge in [0.15, 0.2) is 0 Å². The molecule has 3 saturated carbocycles. The van der Waals surface area contributed by atoms with Gasteiger partial charge < -0.3 is 9.47 Å². The Morgan fingerprint density at radius 3 is 2.38 bits per heavy atom. The van der Waals surface area contributed by atoms with Crippen molar-refractivity contribution in [2.75, 3.05) is 0 Å². The number of aryl methyl sites for hydroxylation is 1. The SMILES string of the molecule is CCCCCCCCc1ccc(OC(=O)O[C@H]2CC[C@@]3(C)C(=CC[C@H]4[C@@H]5CC[C@H]([C@H](C)CCCC(C)C)[C@@]5(C)CC[C@@H]43)C2)cc1. The molecule has 4 aliphatic rings. The largest absolute Gasteiger partial charge is 0.514 e. The van der Waals surface area contributed by atoms with Crippen LogP contribution in [0.15, 0.2) is 35.9 Å². The minimum Gasteiger partial charge on any atom is -0.430 e. The van der Waals surface area contributed by atoms with Gasteiger partial charge in [-0.3, -0.25) is 0 Å². The van der Waals surface area contributed by atoms with E-state index in [1.165, 1.54) is 95.5 Å². The van der Waals surface area contributed by atoms with Gasteiger partial charge in [-0.15, -0.1) is 0 Å². The predicted octanol–water partition coefficient (Wildman–Crippen LogP) is 12.5. The van der Waals surface area contributed by atoms with Crippen molar-refractivity contribution < 1.29 is 14.3 Å². The van der Waals surface area contributed by atoms with Gasteiger partial charge in [0.1, 0.15) is 11.9 Å². The summed E-state index contributed by atoms with van der Waals surface area (Å²) in [4.78, 5) is 12.8. The lowest BCUT2D eigenvalue weighted by Gasteiger charge is -2.58. The number of fused-ring (bicyclic) bond motifs is 5. The van der Waals surface area contributed by atoms with Crippen LogP contribution in [0.1, 0.15) is 156 Å². The van der Waals surface area contributed by atoms with Crippen molar-refractivity contribution >= 4 is 6.16 Å². The number of carbonyl (C=O) groups excluding carboxylic acids is 1. The summed E-state index contributed by atoms with van der Waals surface area (Å²) >= 11 is 0. The Kier molecular flexibility index (Phi) is 11.8. The maximum absolute atomic E-state index is 12.8. The molecule has 0 spiro atoms. The van der Waals surface area contributed by atoms with Crippen molar-refractivity contribution in [3.8, 4) is 5.75 Å². The van der Waals surface area contributed by atoms with E-state index in [1.807, 2.05) is 12.1 Å². The molecule has 0 heterocycles. The van der Waals surface area contributed by atoms with Crippen molar-refractivity contribution in [1.82, 2.24) is 0 Å². The lowest BCUT2D eigenvalue weighted by atomic mass is 9.47. The third-order valence-corrected chi connectivity index (χ3v) is 13.5. The Morgan fingerprint density at radius 2 is 1.62 bits per heavy atom. The zero-order chi connectivity index (χ0) is 32.0. The molecule has 252 valence electrons. The summed E-state index contributed by atoms with van der Waals surface area (Å²) in [7, 11) is 0. The molecule has 0 amide bonds. The predicted molar refractivity (Wildman–Crippen MR) is 187 cm³/mol. The Hall–Kier alpha value is -1.77. The van der Waals surface area contributed by atoms with Crippen LogP contribution in [0.4, 0.5) is 4.79 Å². The Morgan fingerprint density at radius 1 is 0.867 bits per heavy atom. The van der Waals surface area contributed by atoms with Gasteiger partial charge >= 0.3 is 6.16 Å². The molecule has 0 bridgehead atoms. The van der Waals surface area contributed by atoms with Crippen molar-refractivity contribution in [3.05, 3.63) is 41.5 Å². The number of unbranched alkanes of at least 4 members (excludes halogenated alkanes) is 5. The number of ether oxygens (including phenoxy) is 2. The van der Waals surface area contributed by atoms with E-state index in [0.717, 1.165) is 61.2 Å². The first-order chi connectivity index (χ1) is 21.6. The second-order valence-corrected chi connectivity index (χ2v) is 16.8. The van der Waals surface area contributed by atoms with E-state index < -0.39 is 6.16 Å². The average Bonchev–Trinajstić information content (AvgIpc) is 3.37. The number of hydrogen-bond donors (Lipinski definition) is 0. The molecule has 3 nitrogen and oxygen atoms in total. The fourth-order valence-electron chi connectivity index (χ4n) is 10.8. The first-order valence-electron chi connectivity index (χ1n) is 19.3. The molecular formula is C42H66O3. The molecule has 4 aliphatic carbocycles. The summed E-state index contributed by atoms with van der Waals surface area (Å²) in [6.45, 7) is 14.8. The van der Waals surface area contributed by atoms with Gasteiger partial charge in [-0.05, 0) is 122 Å². The molecule has 45 heavy (non-hydrogen) atoms. The maximum Gasteiger partial charge on any atom is 0.514 e. The highest BCUT2D eigenvalue weighted by Crippen LogP contribution is 2.67. The molecule has 3 fully saturated rings. The smallest absolute Gasteiger partial charge is 0.430 e. The Labute approximate surface area is 276 Å². The molecule has 0 N–H and O–H groups in total. The van der Waals surface area contributed by atoms with E-state index in [1.54, 1.807) is 5.57 Å². The van der Waals surface area contributed by atoms with Crippen molar-refractivity contribution in [1.29, 1.82) is 0 Å². The van der Waals surface area contributed by atoms with Crippen LogP contribution >= 0.6 is 0 Å². The second-order valence-electron chi connectivity index (χ2n) is 16.8. The Bertz CT molecular complexity index is 1120. The van der Waals surface area contributed by atoms with E-state index in [2.05, 4.69) is 59.8 Å². The molecular weight excluding hydrogens is 552 g/mol. The molecule has 0 unspecified atom stereocenters. The number of allylic oxidation sites excluding steroid dienone is 1. The zero-order valence-corrected chi connectivity index (χ0v) is 29.9. The van der Waals surface area contributed by atoms with Crippen LogP contribution in [0, 0.1) is 46.3 Å². The summed E-state index contributed by atoms with van der Waals surface area (Å²) in [6, 6.07) is 8.04. The monoisotopic (exact) mass is 619 g/mol.